The lowest BCUT2D eigenvalue weighted by atomic mass is 10.2. The Bertz CT molecular complexity index is 706. The Morgan fingerprint density at radius 3 is 3.05 bits per heavy atom. The molecular formula is C11H9N5O3. The molecule has 0 saturated carbocycles. The summed E-state index contributed by atoms with van der Waals surface area (Å²) in [6.07, 6.45) is 4.20. The predicted octanol–water partition coefficient (Wildman–Crippen LogP) is 1.18. The van der Waals surface area contributed by atoms with Crippen LogP contribution in [-0.4, -0.2) is 31.0 Å². The molecule has 3 heterocycles. The van der Waals surface area contributed by atoms with Gasteiger partial charge in [-0.1, -0.05) is 0 Å². The van der Waals surface area contributed by atoms with Crippen molar-refractivity contribution in [3.8, 4) is 0 Å². The number of rotatable bonds is 4. The van der Waals surface area contributed by atoms with Gasteiger partial charge in [-0.15, -0.1) is 0 Å². The van der Waals surface area contributed by atoms with Crippen LogP contribution in [0.4, 0.5) is 5.82 Å². The number of aliphatic carboxylic acids is 1. The van der Waals surface area contributed by atoms with E-state index in [0.29, 0.717) is 17.0 Å². The summed E-state index contributed by atoms with van der Waals surface area (Å²) in [6.45, 7) is 0. The third-order valence-electron chi connectivity index (χ3n) is 2.57. The van der Waals surface area contributed by atoms with Crippen LogP contribution < -0.4 is 5.32 Å². The summed E-state index contributed by atoms with van der Waals surface area (Å²) in [5, 5.41) is 12.0. The third-order valence-corrected chi connectivity index (χ3v) is 2.57. The monoisotopic (exact) mass is 259 g/mol. The van der Waals surface area contributed by atoms with Crippen molar-refractivity contribution in [1.82, 2.24) is 19.9 Å². The van der Waals surface area contributed by atoms with Crippen molar-refractivity contribution in [2.75, 3.05) is 5.32 Å². The van der Waals surface area contributed by atoms with Gasteiger partial charge in [-0.05, 0) is 12.1 Å². The summed E-state index contributed by atoms with van der Waals surface area (Å²) < 4.78 is 5.11. The quantitative estimate of drug-likeness (QED) is 0.644. The fourth-order valence-electron chi connectivity index (χ4n) is 1.72. The first-order valence-electron chi connectivity index (χ1n) is 5.42. The van der Waals surface area contributed by atoms with E-state index in [-0.39, 0.29) is 5.76 Å². The van der Waals surface area contributed by atoms with E-state index in [1.807, 2.05) is 0 Å². The largest absolute Gasteiger partial charge is 0.479 e. The highest BCUT2D eigenvalue weighted by Gasteiger charge is 2.24. The first-order valence-corrected chi connectivity index (χ1v) is 5.42. The minimum Gasteiger partial charge on any atom is -0.479 e. The van der Waals surface area contributed by atoms with Crippen molar-refractivity contribution in [3.05, 3.63) is 36.8 Å². The summed E-state index contributed by atoms with van der Waals surface area (Å²) in [5.41, 5.74) is 1.00. The number of carboxylic acid groups (broad SMARTS) is 1. The number of imidazole rings is 1. The van der Waals surface area contributed by atoms with Crippen LogP contribution in [0.2, 0.25) is 0 Å². The van der Waals surface area contributed by atoms with Gasteiger partial charge in [0.05, 0.1) is 12.6 Å². The molecule has 0 spiro atoms. The summed E-state index contributed by atoms with van der Waals surface area (Å²) in [6, 6.07) is 2.16. The number of aromatic nitrogens is 4. The first kappa shape index (κ1) is 11.2. The van der Waals surface area contributed by atoms with Gasteiger partial charge in [0.2, 0.25) is 0 Å². The van der Waals surface area contributed by atoms with E-state index in [2.05, 4.69) is 25.3 Å². The molecule has 0 aromatic carbocycles. The lowest BCUT2D eigenvalue weighted by Gasteiger charge is -2.12. The second kappa shape index (κ2) is 4.41. The summed E-state index contributed by atoms with van der Waals surface area (Å²) in [5.74, 6) is -0.456. The van der Waals surface area contributed by atoms with Gasteiger partial charge in [0.15, 0.2) is 17.5 Å². The van der Waals surface area contributed by atoms with Crippen LogP contribution >= 0.6 is 0 Å². The molecular weight excluding hydrogens is 250 g/mol. The molecule has 3 N–H and O–H groups in total. The molecule has 0 amide bonds. The molecule has 1 atom stereocenters. The van der Waals surface area contributed by atoms with Gasteiger partial charge in [-0.2, -0.15) is 0 Å². The topological polar surface area (TPSA) is 117 Å². The van der Waals surface area contributed by atoms with Gasteiger partial charge < -0.3 is 19.8 Å². The number of nitrogens with one attached hydrogen (secondary N) is 2. The van der Waals surface area contributed by atoms with Crippen LogP contribution in [0.15, 0.2) is 35.5 Å². The van der Waals surface area contributed by atoms with E-state index < -0.39 is 12.0 Å². The Labute approximate surface area is 106 Å². The maximum atomic E-state index is 11.3. The Kier molecular flexibility index (Phi) is 2.60. The Balaban J connectivity index is 1.98. The predicted molar refractivity (Wildman–Crippen MR) is 64.4 cm³/mol. The van der Waals surface area contributed by atoms with Gasteiger partial charge in [-0.3, -0.25) is 0 Å². The number of fused-ring (bicyclic) bond motifs is 1. The Morgan fingerprint density at radius 2 is 2.32 bits per heavy atom. The van der Waals surface area contributed by atoms with E-state index in [9.17, 15) is 9.90 Å². The van der Waals surface area contributed by atoms with Gasteiger partial charge in [0, 0.05) is 0 Å². The number of carbonyl (C=O) groups is 1. The highest BCUT2D eigenvalue weighted by molar-refractivity contribution is 5.85. The van der Waals surface area contributed by atoms with E-state index in [0.717, 1.165) is 0 Å². The number of hydrogen-bond acceptors (Lipinski definition) is 6. The van der Waals surface area contributed by atoms with Crippen molar-refractivity contribution in [1.29, 1.82) is 0 Å². The number of nitrogens with zero attached hydrogens (tertiary/aromatic N) is 3. The molecule has 0 fully saturated rings. The maximum absolute atomic E-state index is 11.3. The SMILES string of the molecule is O=C(O)C(Nc1ncnc2[nH]cnc12)c1ccco1. The van der Waals surface area contributed by atoms with Gasteiger partial charge in [-0.25, -0.2) is 19.7 Å². The average molecular weight is 259 g/mol. The van der Waals surface area contributed by atoms with Crippen LogP contribution in [0.1, 0.15) is 11.8 Å². The van der Waals surface area contributed by atoms with Crippen molar-refractivity contribution in [3.63, 3.8) is 0 Å². The molecule has 3 aromatic heterocycles. The first-order chi connectivity index (χ1) is 9.25. The number of anilines is 1. The second-order valence-corrected chi connectivity index (χ2v) is 3.75. The molecule has 0 aliphatic rings. The average Bonchev–Trinajstić information content (AvgIpc) is 3.06. The highest BCUT2D eigenvalue weighted by atomic mass is 16.4. The maximum Gasteiger partial charge on any atom is 0.334 e. The van der Waals surface area contributed by atoms with Crippen LogP contribution in [-0.2, 0) is 4.79 Å². The second-order valence-electron chi connectivity index (χ2n) is 3.75. The lowest BCUT2D eigenvalue weighted by molar-refractivity contribution is -0.138. The molecule has 0 bridgehead atoms. The number of H-pyrrole nitrogens is 1. The minimum atomic E-state index is -1.07. The van der Waals surface area contributed by atoms with E-state index in [4.69, 9.17) is 4.42 Å². The standard InChI is InChI=1S/C11H9N5O3/c17-11(18)7(6-2-1-3-19-6)16-10-8-9(13-4-12-8)14-5-15-10/h1-5,7H,(H,17,18)(H2,12,13,14,15,16). The molecule has 3 rings (SSSR count). The fraction of sp³-hybridized carbons (Fsp3) is 0.0909. The molecule has 0 radical (unpaired) electrons. The summed E-state index contributed by atoms with van der Waals surface area (Å²) in [4.78, 5) is 26.1. The lowest BCUT2D eigenvalue weighted by Crippen LogP contribution is -2.20. The number of aromatic amines is 1. The highest BCUT2D eigenvalue weighted by Crippen LogP contribution is 2.22. The molecule has 0 saturated heterocycles. The van der Waals surface area contributed by atoms with Gasteiger partial charge >= 0.3 is 5.97 Å². The minimum absolute atomic E-state index is 0.287. The number of hydrogen-bond donors (Lipinski definition) is 3. The van der Waals surface area contributed by atoms with Crippen LogP contribution in [0.5, 0.6) is 0 Å². The summed E-state index contributed by atoms with van der Waals surface area (Å²) >= 11 is 0. The molecule has 0 aliphatic carbocycles. The zero-order chi connectivity index (χ0) is 13.2. The van der Waals surface area contributed by atoms with E-state index in [1.54, 1.807) is 12.1 Å². The zero-order valence-corrected chi connectivity index (χ0v) is 9.57. The fourth-order valence-corrected chi connectivity index (χ4v) is 1.72. The molecule has 8 heteroatoms. The smallest absolute Gasteiger partial charge is 0.334 e. The molecule has 8 nitrogen and oxygen atoms in total. The number of carboxylic acids is 1. The van der Waals surface area contributed by atoms with Crippen molar-refractivity contribution in [2.45, 2.75) is 6.04 Å². The Morgan fingerprint density at radius 1 is 1.42 bits per heavy atom. The molecule has 96 valence electrons. The van der Waals surface area contributed by atoms with Crippen LogP contribution in [0, 0.1) is 0 Å². The van der Waals surface area contributed by atoms with Crippen LogP contribution in [0.3, 0.4) is 0 Å². The van der Waals surface area contributed by atoms with Crippen LogP contribution in [0.25, 0.3) is 11.2 Å². The van der Waals surface area contributed by atoms with Crippen molar-refractivity contribution < 1.29 is 14.3 Å². The normalized spacial score (nSPS) is 12.4. The molecule has 19 heavy (non-hydrogen) atoms. The van der Waals surface area contributed by atoms with E-state index >= 15 is 0 Å². The Hall–Kier alpha value is -2.90. The van der Waals surface area contributed by atoms with Gasteiger partial charge in [0.25, 0.3) is 0 Å². The molecule has 3 aromatic rings. The zero-order valence-electron chi connectivity index (χ0n) is 9.57. The molecule has 1 unspecified atom stereocenters. The molecule has 0 aliphatic heterocycles. The van der Waals surface area contributed by atoms with Gasteiger partial charge in [0.1, 0.15) is 17.6 Å². The van der Waals surface area contributed by atoms with Crippen molar-refractivity contribution in [2.24, 2.45) is 0 Å². The van der Waals surface area contributed by atoms with Crippen molar-refractivity contribution >= 4 is 23.0 Å². The third kappa shape index (κ3) is 1.99. The number of furan rings is 1. The van der Waals surface area contributed by atoms with E-state index in [1.165, 1.54) is 18.9 Å². The summed E-state index contributed by atoms with van der Waals surface area (Å²) in [7, 11) is 0.